The Morgan fingerprint density at radius 2 is 1.58 bits per heavy atom. The van der Waals surface area contributed by atoms with Crippen molar-refractivity contribution in [1.82, 2.24) is 0 Å². The van der Waals surface area contributed by atoms with E-state index in [1.807, 2.05) is 50.2 Å². The first-order valence-corrected chi connectivity index (χ1v) is 11.7. The van der Waals surface area contributed by atoms with Gasteiger partial charge in [0.2, 0.25) is 5.91 Å². The summed E-state index contributed by atoms with van der Waals surface area (Å²) in [6, 6.07) is 11.0. The van der Waals surface area contributed by atoms with E-state index in [1.54, 1.807) is 0 Å². The second-order valence-corrected chi connectivity index (χ2v) is 10.0. The van der Waals surface area contributed by atoms with Gasteiger partial charge in [-0.3, -0.25) is 14.4 Å². The summed E-state index contributed by atoms with van der Waals surface area (Å²) in [6.07, 6.45) is 3.56. The highest BCUT2D eigenvalue weighted by Gasteiger charge is 2.50. The van der Waals surface area contributed by atoms with Gasteiger partial charge in [-0.2, -0.15) is 0 Å². The van der Waals surface area contributed by atoms with Crippen LogP contribution in [0, 0.1) is 23.7 Å². The van der Waals surface area contributed by atoms with Crippen LogP contribution in [0.25, 0.3) is 0 Å². The smallest absolute Gasteiger partial charge is 0.307 e. The second kappa shape index (κ2) is 8.83. The van der Waals surface area contributed by atoms with Crippen LogP contribution in [0.4, 0.5) is 10.7 Å². The molecule has 0 saturated heterocycles. The van der Waals surface area contributed by atoms with Crippen LogP contribution in [0.2, 0.25) is 0 Å². The minimum absolute atomic E-state index is 0.0636. The highest BCUT2D eigenvalue weighted by atomic mass is 32.1. The summed E-state index contributed by atoms with van der Waals surface area (Å²) in [5.74, 6) is -2.26. The molecule has 2 aromatic rings. The van der Waals surface area contributed by atoms with Gasteiger partial charge < -0.3 is 15.7 Å². The molecule has 1 aromatic carbocycles. The Balaban J connectivity index is 1.59. The lowest BCUT2D eigenvalue weighted by Gasteiger charge is -2.45. The van der Waals surface area contributed by atoms with E-state index in [9.17, 15) is 19.5 Å². The van der Waals surface area contributed by atoms with Gasteiger partial charge in [-0.25, -0.2) is 0 Å². The van der Waals surface area contributed by atoms with Crippen molar-refractivity contribution in [3.8, 4) is 0 Å². The predicted octanol–water partition coefficient (Wildman–Crippen LogP) is 5.20. The minimum atomic E-state index is -0.884. The number of nitrogens with one attached hydrogen (secondary N) is 2. The van der Waals surface area contributed by atoms with Crippen molar-refractivity contribution in [3.63, 3.8) is 0 Å². The summed E-state index contributed by atoms with van der Waals surface area (Å²) in [5, 5.41) is 16.1. The average molecular weight is 441 g/mol. The van der Waals surface area contributed by atoms with Crippen LogP contribution in [0.15, 0.2) is 36.4 Å². The van der Waals surface area contributed by atoms with E-state index >= 15 is 0 Å². The van der Waals surface area contributed by atoms with Crippen molar-refractivity contribution in [2.75, 3.05) is 10.6 Å². The zero-order chi connectivity index (χ0) is 22.1. The van der Waals surface area contributed by atoms with Gasteiger partial charge in [0, 0.05) is 10.6 Å². The molecule has 164 valence electrons. The number of carbonyl (C=O) groups is 3. The third-order valence-electron chi connectivity index (χ3n) is 6.64. The summed E-state index contributed by atoms with van der Waals surface area (Å²) in [7, 11) is 0. The van der Waals surface area contributed by atoms with E-state index in [1.165, 1.54) is 11.3 Å². The molecule has 2 unspecified atom stereocenters. The van der Waals surface area contributed by atoms with Gasteiger partial charge in [0.05, 0.1) is 17.4 Å². The molecular weight excluding hydrogens is 412 g/mol. The summed E-state index contributed by atoms with van der Waals surface area (Å²) >= 11 is 1.39. The fourth-order valence-electron chi connectivity index (χ4n) is 5.05. The van der Waals surface area contributed by atoms with Gasteiger partial charge in [-0.05, 0) is 61.6 Å². The number of carbonyl (C=O) groups excluding carboxylic acids is 2. The molecule has 1 aromatic heterocycles. The number of para-hydroxylation sites is 1. The topological polar surface area (TPSA) is 95.5 Å². The van der Waals surface area contributed by atoms with E-state index < -0.39 is 17.8 Å². The number of fused-ring (bicyclic) bond motifs is 3. The highest BCUT2D eigenvalue weighted by molar-refractivity contribution is 7.16. The lowest BCUT2D eigenvalue weighted by atomic mass is 9.58. The van der Waals surface area contributed by atoms with Gasteiger partial charge in [0.25, 0.3) is 5.91 Å². The normalized spacial score (nSPS) is 24.7. The number of carboxylic acids is 1. The molecule has 5 rings (SSSR count). The Labute approximate surface area is 186 Å². The number of rotatable bonds is 6. The summed E-state index contributed by atoms with van der Waals surface area (Å²) in [4.78, 5) is 39.2. The van der Waals surface area contributed by atoms with Crippen molar-refractivity contribution in [2.45, 2.75) is 45.4 Å². The van der Waals surface area contributed by atoms with Crippen molar-refractivity contribution < 1.29 is 19.5 Å². The van der Waals surface area contributed by atoms with Gasteiger partial charge in [0.1, 0.15) is 5.00 Å². The standard InChI is InChI=1S/C24H28N2O4S/c1-13(2)18-12-17(21(27)25-16-6-4-3-5-7-16)23(31-18)26-22(28)19-14-8-10-15(11-9-14)20(19)24(29)30/h3-7,12-15,19-20H,8-11H2,1-2H3,(H,25,27)(H,26,28)(H,29,30). The van der Waals surface area contributed by atoms with Gasteiger partial charge in [-0.1, -0.05) is 32.0 Å². The molecule has 2 bridgehead atoms. The third kappa shape index (κ3) is 4.37. The number of thiophene rings is 1. The van der Waals surface area contributed by atoms with E-state index in [2.05, 4.69) is 10.6 Å². The molecule has 7 heteroatoms. The lowest BCUT2D eigenvalue weighted by molar-refractivity contribution is -0.156. The summed E-state index contributed by atoms with van der Waals surface area (Å²) in [6.45, 7) is 4.08. The number of carboxylic acid groups (broad SMARTS) is 1. The first kappa shape index (κ1) is 21.6. The Hall–Kier alpha value is -2.67. The first-order chi connectivity index (χ1) is 14.8. The molecule has 6 nitrogen and oxygen atoms in total. The SMILES string of the molecule is CC(C)c1cc(C(=O)Nc2ccccc2)c(NC(=O)C2C3CCC(CC3)C2C(=O)O)s1. The van der Waals surface area contributed by atoms with E-state index in [4.69, 9.17) is 0 Å². The molecule has 31 heavy (non-hydrogen) atoms. The van der Waals surface area contributed by atoms with Crippen LogP contribution < -0.4 is 10.6 Å². The largest absolute Gasteiger partial charge is 0.481 e. The number of hydrogen-bond donors (Lipinski definition) is 3. The maximum absolute atomic E-state index is 13.3. The van der Waals surface area contributed by atoms with E-state index in [0.717, 1.165) is 30.6 Å². The molecule has 3 fully saturated rings. The Bertz CT molecular complexity index is 977. The molecular formula is C24H28N2O4S. The molecule has 3 N–H and O–H groups in total. The fourth-order valence-corrected chi connectivity index (χ4v) is 6.11. The summed E-state index contributed by atoms with van der Waals surface area (Å²) < 4.78 is 0. The number of anilines is 2. The Morgan fingerprint density at radius 1 is 0.968 bits per heavy atom. The predicted molar refractivity (Wildman–Crippen MR) is 121 cm³/mol. The average Bonchev–Trinajstić information content (AvgIpc) is 3.18. The number of benzene rings is 1. The molecule has 0 spiro atoms. The van der Waals surface area contributed by atoms with Crippen LogP contribution in [-0.2, 0) is 9.59 Å². The molecule has 0 aliphatic heterocycles. The quantitative estimate of drug-likeness (QED) is 0.575. The van der Waals surface area contributed by atoms with Crippen LogP contribution >= 0.6 is 11.3 Å². The van der Waals surface area contributed by atoms with Gasteiger partial charge in [0.15, 0.2) is 0 Å². The van der Waals surface area contributed by atoms with Crippen molar-refractivity contribution in [3.05, 3.63) is 46.8 Å². The monoisotopic (exact) mass is 440 g/mol. The van der Waals surface area contributed by atoms with Crippen LogP contribution in [-0.4, -0.2) is 22.9 Å². The molecule has 2 atom stereocenters. The maximum atomic E-state index is 13.3. The first-order valence-electron chi connectivity index (χ1n) is 10.9. The van der Waals surface area contributed by atoms with Crippen LogP contribution in [0.5, 0.6) is 0 Å². The number of hydrogen-bond acceptors (Lipinski definition) is 4. The molecule has 3 saturated carbocycles. The van der Waals surface area contributed by atoms with Crippen LogP contribution in [0.1, 0.15) is 60.7 Å². The number of amides is 2. The van der Waals surface area contributed by atoms with Gasteiger partial charge in [-0.15, -0.1) is 11.3 Å². The minimum Gasteiger partial charge on any atom is -0.481 e. The van der Waals surface area contributed by atoms with Crippen LogP contribution in [0.3, 0.4) is 0 Å². The van der Waals surface area contributed by atoms with Gasteiger partial charge >= 0.3 is 5.97 Å². The molecule has 2 amide bonds. The lowest BCUT2D eigenvalue weighted by Crippen LogP contribution is -2.49. The molecule has 0 radical (unpaired) electrons. The van der Waals surface area contributed by atoms with E-state index in [-0.39, 0.29) is 29.6 Å². The highest BCUT2D eigenvalue weighted by Crippen LogP contribution is 2.49. The Morgan fingerprint density at radius 3 is 2.16 bits per heavy atom. The second-order valence-electron chi connectivity index (χ2n) is 8.92. The molecule has 3 aliphatic rings. The number of aliphatic carboxylic acids is 1. The van der Waals surface area contributed by atoms with Crippen molar-refractivity contribution >= 4 is 39.8 Å². The fraction of sp³-hybridized carbons (Fsp3) is 0.458. The van der Waals surface area contributed by atoms with E-state index in [0.29, 0.717) is 16.3 Å². The third-order valence-corrected chi connectivity index (χ3v) is 7.99. The van der Waals surface area contributed by atoms with Crippen molar-refractivity contribution in [2.24, 2.45) is 23.7 Å². The molecule has 3 aliphatic carbocycles. The zero-order valence-electron chi connectivity index (χ0n) is 17.8. The zero-order valence-corrected chi connectivity index (χ0v) is 18.6. The maximum Gasteiger partial charge on any atom is 0.307 e. The Kier molecular flexibility index (Phi) is 6.14. The van der Waals surface area contributed by atoms with Crippen molar-refractivity contribution in [1.29, 1.82) is 0 Å². The summed E-state index contributed by atoms with van der Waals surface area (Å²) in [5.41, 5.74) is 1.09. The molecule has 1 heterocycles.